The molecule has 0 radical (unpaired) electrons. The molecular weight excluding hydrogens is 661 g/mol. The lowest BCUT2D eigenvalue weighted by atomic mass is 9.92. The van der Waals surface area contributed by atoms with Crippen LogP contribution < -0.4 is 15.6 Å². The summed E-state index contributed by atoms with van der Waals surface area (Å²) in [7, 11) is 0. The average molecular weight is 696 g/mol. The van der Waals surface area contributed by atoms with Gasteiger partial charge in [-0.2, -0.15) is 13.2 Å². The molecule has 1 aromatic heterocycles. The van der Waals surface area contributed by atoms with Crippen LogP contribution in [0.25, 0.3) is 11.1 Å². The van der Waals surface area contributed by atoms with Crippen LogP contribution in [0.5, 0.6) is 11.5 Å². The summed E-state index contributed by atoms with van der Waals surface area (Å²) in [6, 6.07) is 10.5. The number of nitrogens with zero attached hydrogens (tertiary/aromatic N) is 2. The van der Waals surface area contributed by atoms with Crippen molar-refractivity contribution in [2.24, 2.45) is 0 Å². The zero-order chi connectivity index (χ0) is 36.1. The maximum Gasteiger partial charge on any atom is 0.416 e. The molecule has 1 saturated heterocycles. The number of carboxylic acids is 1. The van der Waals surface area contributed by atoms with Crippen LogP contribution in [0.3, 0.4) is 0 Å². The molecule has 2 aliphatic rings. The zero-order valence-corrected chi connectivity index (χ0v) is 27.4. The fourth-order valence-corrected chi connectivity index (χ4v) is 6.70. The fourth-order valence-electron chi connectivity index (χ4n) is 6.70. The van der Waals surface area contributed by atoms with Crippen LogP contribution in [0.1, 0.15) is 57.4 Å². The lowest BCUT2D eigenvalue weighted by Crippen LogP contribution is -2.49. The minimum atomic E-state index is -4.90. The van der Waals surface area contributed by atoms with Gasteiger partial charge in [-0.1, -0.05) is 18.2 Å². The Hall–Kier alpha value is -5.04. The molecule has 0 spiro atoms. The second kappa shape index (κ2) is 13.3. The number of ether oxygens (including phenoxy) is 1. The Morgan fingerprint density at radius 1 is 0.980 bits per heavy atom. The Balaban J connectivity index is 1.58. The van der Waals surface area contributed by atoms with Gasteiger partial charge in [0, 0.05) is 43.0 Å². The number of hydrogen-bond acceptors (Lipinski definition) is 5. The summed E-state index contributed by atoms with van der Waals surface area (Å²) in [5.41, 5.74) is -0.0625. The normalized spacial score (nSPS) is 18.1. The maximum absolute atomic E-state index is 15.9. The summed E-state index contributed by atoms with van der Waals surface area (Å²) < 4.78 is 79.3. The quantitative estimate of drug-likeness (QED) is 0.215. The third kappa shape index (κ3) is 6.87. The second-order valence-electron chi connectivity index (χ2n) is 12.9. The number of pyridine rings is 1. The Bertz CT molecular complexity index is 2050. The summed E-state index contributed by atoms with van der Waals surface area (Å²) in [6.07, 6.45) is -5.94. The standard InChI is InChI=1S/C37H34F5N3O5/c1-19-7-8-25-13-26(19)35(45-16-22(9-10-44-17-24(38)18-44)28(14-31(45)46)37(40,41)42)36(49)43-29(15-32(47)48)27-12-23(11-21(3)34(27)39)33-20(2)5-4-6-30(33)50-25/h4-8,11-14,16,24,29,35H,9-10,15,17-18H2,1-3H3,(H,43,49)(H,47,48)/t29-,35+/m1/s1. The van der Waals surface area contributed by atoms with E-state index >= 15 is 4.39 Å². The number of alkyl halides is 4. The van der Waals surface area contributed by atoms with E-state index in [-0.39, 0.29) is 54.1 Å². The third-order valence-electron chi connectivity index (χ3n) is 9.25. The number of aromatic nitrogens is 1. The van der Waals surface area contributed by atoms with E-state index in [1.54, 1.807) is 42.2 Å². The number of hydrogen-bond donors (Lipinski definition) is 2. The first-order chi connectivity index (χ1) is 23.6. The Kier molecular flexibility index (Phi) is 9.29. The van der Waals surface area contributed by atoms with E-state index < -0.39 is 59.7 Å². The molecule has 3 aromatic carbocycles. The average Bonchev–Trinajstić information content (AvgIpc) is 3.02. The lowest BCUT2D eigenvalue weighted by Gasteiger charge is -2.34. The van der Waals surface area contributed by atoms with Gasteiger partial charge in [0.25, 0.3) is 5.56 Å². The molecule has 1 amide bonds. The monoisotopic (exact) mass is 695 g/mol. The summed E-state index contributed by atoms with van der Waals surface area (Å²) in [6.45, 7) is 5.20. The predicted molar refractivity (Wildman–Crippen MR) is 175 cm³/mol. The highest BCUT2D eigenvalue weighted by Crippen LogP contribution is 2.41. The summed E-state index contributed by atoms with van der Waals surface area (Å²) in [5.74, 6) is -2.45. The third-order valence-corrected chi connectivity index (χ3v) is 9.25. The maximum atomic E-state index is 15.9. The number of carbonyl (C=O) groups excluding carboxylic acids is 1. The molecule has 3 heterocycles. The van der Waals surface area contributed by atoms with Crippen molar-refractivity contribution in [3.63, 3.8) is 0 Å². The predicted octanol–water partition coefficient (Wildman–Crippen LogP) is 6.82. The molecule has 2 N–H and O–H groups in total. The SMILES string of the molecule is Cc1ccc2cc1[C@H](n1cc(CCN3CC(F)C3)c(C(F)(F)F)cc1=O)C(=O)N[C@H](CC(=O)O)c1cc(cc(C)c1F)-c1c(C)cccc1O2. The molecule has 1 fully saturated rings. The van der Waals surface area contributed by atoms with Crippen LogP contribution in [0.15, 0.2) is 65.6 Å². The van der Waals surface area contributed by atoms with Crippen LogP contribution in [0.4, 0.5) is 22.0 Å². The van der Waals surface area contributed by atoms with E-state index in [4.69, 9.17) is 4.74 Å². The first kappa shape index (κ1) is 34.8. The molecule has 4 bridgehead atoms. The van der Waals surface area contributed by atoms with Crippen molar-refractivity contribution in [2.75, 3.05) is 19.6 Å². The van der Waals surface area contributed by atoms with Gasteiger partial charge in [0.1, 0.15) is 29.5 Å². The Morgan fingerprint density at radius 2 is 1.72 bits per heavy atom. The van der Waals surface area contributed by atoms with Crippen LogP contribution in [-0.2, 0) is 22.2 Å². The largest absolute Gasteiger partial charge is 0.481 e. The number of aliphatic carboxylic acids is 1. The number of likely N-dealkylation sites (tertiary alicyclic amines) is 1. The van der Waals surface area contributed by atoms with Crippen LogP contribution in [-0.4, -0.2) is 52.3 Å². The highest BCUT2D eigenvalue weighted by atomic mass is 19.4. The molecule has 13 heteroatoms. The van der Waals surface area contributed by atoms with Crippen LogP contribution in [0.2, 0.25) is 0 Å². The number of rotatable bonds is 6. The van der Waals surface area contributed by atoms with Crippen molar-refractivity contribution in [1.82, 2.24) is 14.8 Å². The zero-order valence-electron chi connectivity index (χ0n) is 27.4. The van der Waals surface area contributed by atoms with Gasteiger partial charge in [-0.25, -0.2) is 8.78 Å². The number of halogens is 5. The van der Waals surface area contributed by atoms with Gasteiger partial charge >= 0.3 is 12.1 Å². The van der Waals surface area contributed by atoms with E-state index in [2.05, 4.69) is 5.32 Å². The van der Waals surface area contributed by atoms with Gasteiger partial charge in [-0.3, -0.25) is 23.9 Å². The number of nitrogens with one attached hydrogen (secondary N) is 1. The molecule has 2 aliphatic heterocycles. The smallest absolute Gasteiger partial charge is 0.416 e. The minimum absolute atomic E-state index is 0.0723. The van der Waals surface area contributed by atoms with Gasteiger partial charge in [0.2, 0.25) is 5.91 Å². The fraction of sp³-hybridized carbons (Fsp3) is 0.324. The number of amides is 1. The molecule has 0 saturated carbocycles. The molecule has 8 nitrogen and oxygen atoms in total. The van der Waals surface area contributed by atoms with Crippen molar-refractivity contribution in [1.29, 1.82) is 0 Å². The van der Waals surface area contributed by atoms with Gasteiger partial charge < -0.3 is 15.2 Å². The van der Waals surface area contributed by atoms with Crippen molar-refractivity contribution < 1.29 is 41.4 Å². The Morgan fingerprint density at radius 3 is 2.40 bits per heavy atom. The molecule has 50 heavy (non-hydrogen) atoms. The van der Waals surface area contributed by atoms with E-state index in [0.717, 1.165) is 16.3 Å². The topological polar surface area (TPSA) is 101 Å². The van der Waals surface area contributed by atoms with Gasteiger partial charge in [-0.05, 0) is 90.9 Å². The highest BCUT2D eigenvalue weighted by Gasteiger charge is 2.37. The number of carbonyl (C=O) groups is 2. The highest BCUT2D eigenvalue weighted by molar-refractivity contribution is 5.86. The van der Waals surface area contributed by atoms with Crippen molar-refractivity contribution in [3.8, 4) is 22.6 Å². The number of carboxylic acid groups (broad SMARTS) is 1. The molecule has 0 unspecified atom stereocenters. The van der Waals surface area contributed by atoms with Gasteiger partial charge in [0.15, 0.2) is 0 Å². The van der Waals surface area contributed by atoms with E-state index in [1.807, 2.05) is 13.0 Å². The van der Waals surface area contributed by atoms with E-state index in [1.165, 1.54) is 19.1 Å². The minimum Gasteiger partial charge on any atom is -0.481 e. The van der Waals surface area contributed by atoms with Gasteiger partial charge in [-0.15, -0.1) is 0 Å². The molecule has 6 rings (SSSR count). The number of benzene rings is 3. The summed E-state index contributed by atoms with van der Waals surface area (Å²) in [5, 5.41) is 12.5. The second-order valence-corrected chi connectivity index (χ2v) is 12.9. The lowest BCUT2D eigenvalue weighted by molar-refractivity contribution is -0.139. The molecule has 0 aliphatic carbocycles. The van der Waals surface area contributed by atoms with Crippen molar-refractivity contribution >= 4 is 11.9 Å². The molecule has 4 aromatic rings. The first-order valence-electron chi connectivity index (χ1n) is 16.0. The number of aryl methyl sites for hydroxylation is 3. The van der Waals surface area contributed by atoms with Gasteiger partial charge in [0.05, 0.1) is 18.0 Å². The molecule has 2 atom stereocenters. The van der Waals surface area contributed by atoms with E-state index in [9.17, 15) is 37.1 Å². The first-order valence-corrected chi connectivity index (χ1v) is 16.0. The van der Waals surface area contributed by atoms with Crippen molar-refractivity contribution in [2.45, 2.75) is 58.0 Å². The summed E-state index contributed by atoms with van der Waals surface area (Å²) >= 11 is 0. The molecular formula is C37H34F5N3O5. The Labute approximate surface area is 284 Å². The number of fused-ring (bicyclic) bond motifs is 6. The van der Waals surface area contributed by atoms with E-state index in [0.29, 0.717) is 28.5 Å². The van der Waals surface area contributed by atoms with Crippen LogP contribution >= 0.6 is 0 Å². The van der Waals surface area contributed by atoms with Crippen LogP contribution in [0, 0.1) is 26.6 Å². The summed E-state index contributed by atoms with van der Waals surface area (Å²) in [4.78, 5) is 41.8. The van der Waals surface area contributed by atoms with Crippen molar-refractivity contribution in [3.05, 3.63) is 116 Å². The molecule has 262 valence electrons.